The van der Waals surface area contributed by atoms with Crippen molar-refractivity contribution in [1.29, 1.82) is 0 Å². The number of aliphatic hydroxyl groups is 1. The molecule has 1 aromatic heterocycles. The number of halogens is 1. The van der Waals surface area contributed by atoms with Crippen molar-refractivity contribution >= 4 is 34.7 Å². The molecule has 7 heteroatoms. The molecule has 0 spiro atoms. The highest BCUT2D eigenvalue weighted by Gasteiger charge is 2.48. The van der Waals surface area contributed by atoms with Crippen molar-refractivity contribution in [3.05, 3.63) is 87.3 Å². The quantitative estimate of drug-likeness (QED) is 0.322. The Morgan fingerprint density at radius 2 is 1.84 bits per heavy atom. The molecule has 1 fully saturated rings. The third-order valence-electron chi connectivity index (χ3n) is 5.67. The first-order chi connectivity index (χ1) is 15.2. The Morgan fingerprint density at radius 1 is 1.09 bits per heavy atom. The first-order valence-corrected chi connectivity index (χ1v) is 10.4. The molecule has 2 heterocycles. The molecular weight excluding hydrogens is 430 g/mol. The zero-order chi connectivity index (χ0) is 23.2. The Hall–Kier alpha value is -3.51. The van der Waals surface area contributed by atoms with Crippen LogP contribution in [0.2, 0.25) is 5.02 Å². The number of ether oxygens (including phenoxy) is 1. The number of rotatable bonds is 4. The number of hydrogen-bond donors (Lipinski definition) is 1. The Morgan fingerprint density at radius 3 is 2.47 bits per heavy atom. The van der Waals surface area contributed by atoms with Crippen LogP contribution in [0.3, 0.4) is 0 Å². The van der Waals surface area contributed by atoms with E-state index in [0.29, 0.717) is 11.4 Å². The zero-order valence-electron chi connectivity index (χ0n) is 18.1. The lowest BCUT2D eigenvalue weighted by Gasteiger charge is -2.24. The van der Waals surface area contributed by atoms with Gasteiger partial charge in [0.25, 0.3) is 11.7 Å². The molecule has 4 rings (SSSR count). The minimum absolute atomic E-state index is 0.0943. The number of nitrogens with zero attached hydrogens (tertiary/aromatic N) is 1. The fourth-order valence-corrected chi connectivity index (χ4v) is 4.30. The maximum absolute atomic E-state index is 13.2. The van der Waals surface area contributed by atoms with Gasteiger partial charge < -0.3 is 14.3 Å². The van der Waals surface area contributed by atoms with Crippen LogP contribution >= 0.6 is 11.6 Å². The van der Waals surface area contributed by atoms with Gasteiger partial charge in [0.2, 0.25) is 0 Å². The van der Waals surface area contributed by atoms with Gasteiger partial charge in [-0.15, -0.1) is 0 Å². The number of amides is 1. The summed E-state index contributed by atoms with van der Waals surface area (Å²) in [6.45, 7) is 5.70. The summed E-state index contributed by atoms with van der Waals surface area (Å²) >= 11 is 6.30. The topological polar surface area (TPSA) is 80.0 Å². The second-order valence-electron chi connectivity index (χ2n) is 7.78. The van der Waals surface area contributed by atoms with Crippen LogP contribution < -0.4 is 9.64 Å². The standard InChI is InChI=1S/C25H22ClNO5/c1-13-10-17(24(31-4)18(26)11-13)22(28)20-21(19-6-5-9-32-19)27(25(30)23(20)29)16-8-7-14(2)15(3)12-16/h5-12,21,28H,1-4H3/b22-20-. The maximum Gasteiger partial charge on any atom is 0.300 e. The van der Waals surface area contributed by atoms with E-state index in [1.807, 2.05) is 26.0 Å². The van der Waals surface area contributed by atoms with Gasteiger partial charge in [-0.1, -0.05) is 17.7 Å². The van der Waals surface area contributed by atoms with Crippen LogP contribution in [0.4, 0.5) is 5.69 Å². The van der Waals surface area contributed by atoms with Crippen LogP contribution in [0.1, 0.15) is 34.1 Å². The average Bonchev–Trinajstić information content (AvgIpc) is 3.36. The minimum Gasteiger partial charge on any atom is -0.507 e. The molecule has 32 heavy (non-hydrogen) atoms. The molecule has 1 aliphatic heterocycles. The summed E-state index contributed by atoms with van der Waals surface area (Å²) in [5.41, 5.74) is 3.45. The van der Waals surface area contributed by atoms with E-state index in [1.54, 1.807) is 37.3 Å². The van der Waals surface area contributed by atoms with E-state index in [9.17, 15) is 14.7 Å². The molecule has 1 saturated heterocycles. The minimum atomic E-state index is -0.948. The van der Waals surface area contributed by atoms with Crippen LogP contribution in [-0.2, 0) is 9.59 Å². The van der Waals surface area contributed by atoms with Crippen LogP contribution in [0, 0.1) is 20.8 Å². The Labute approximate surface area is 190 Å². The molecule has 0 bridgehead atoms. The molecule has 1 amide bonds. The second-order valence-corrected chi connectivity index (χ2v) is 8.19. The van der Waals surface area contributed by atoms with E-state index in [-0.39, 0.29) is 27.7 Å². The SMILES string of the molecule is COc1c(Cl)cc(C)cc1/C(O)=C1/C(=O)C(=O)N(c2ccc(C)c(C)c2)C1c1ccco1. The van der Waals surface area contributed by atoms with Crippen molar-refractivity contribution in [2.24, 2.45) is 0 Å². The first-order valence-electron chi connectivity index (χ1n) is 10.0. The lowest BCUT2D eigenvalue weighted by atomic mass is 9.97. The molecule has 1 atom stereocenters. The maximum atomic E-state index is 13.2. The molecule has 164 valence electrons. The summed E-state index contributed by atoms with van der Waals surface area (Å²) in [6, 6.07) is 11.2. The third-order valence-corrected chi connectivity index (χ3v) is 5.95. The Kier molecular flexibility index (Phi) is 5.57. The molecule has 6 nitrogen and oxygen atoms in total. The van der Waals surface area contributed by atoms with Crippen molar-refractivity contribution < 1.29 is 23.8 Å². The Bertz CT molecular complexity index is 1260. The van der Waals surface area contributed by atoms with E-state index in [2.05, 4.69) is 0 Å². The van der Waals surface area contributed by atoms with E-state index >= 15 is 0 Å². The second kappa shape index (κ2) is 8.20. The summed E-state index contributed by atoms with van der Waals surface area (Å²) < 4.78 is 11.0. The van der Waals surface area contributed by atoms with Crippen molar-refractivity contribution in [3.8, 4) is 5.75 Å². The van der Waals surface area contributed by atoms with Gasteiger partial charge in [0.1, 0.15) is 23.3 Å². The molecule has 1 aliphatic rings. The summed E-state index contributed by atoms with van der Waals surface area (Å²) in [5, 5.41) is 11.6. The van der Waals surface area contributed by atoms with Crippen LogP contribution in [0.15, 0.2) is 58.7 Å². The summed E-state index contributed by atoms with van der Waals surface area (Å²) in [5.74, 6) is -1.39. The van der Waals surface area contributed by atoms with Gasteiger partial charge in [-0.3, -0.25) is 14.5 Å². The normalized spacial score (nSPS) is 17.8. The van der Waals surface area contributed by atoms with E-state index in [4.69, 9.17) is 20.8 Å². The predicted molar refractivity (Wildman–Crippen MR) is 122 cm³/mol. The monoisotopic (exact) mass is 451 g/mol. The number of methoxy groups -OCH3 is 1. The van der Waals surface area contributed by atoms with Crippen molar-refractivity contribution in [2.75, 3.05) is 12.0 Å². The van der Waals surface area contributed by atoms with Crippen molar-refractivity contribution in [1.82, 2.24) is 0 Å². The van der Waals surface area contributed by atoms with Gasteiger partial charge in [0.05, 0.1) is 29.5 Å². The Balaban J connectivity index is 1.99. The number of Topliss-reactive ketones (excluding diaryl/α,β-unsaturated/α-hetero) is 1. The van der Waals surface area contributed by atoms with Gasteiger partial charge in [0.15, 0.2) is 0 Å². The number of furan rings is 1. The highest BCUT2D eigenvalue weighted by Crippen LogP contribution is 2.44. The smallest absolute Gasteiger partial charge is 0.300 e. The third kappa shape index (κ3) is 3.46. The molecule has 1 N–H and O–H groups in total. The van der Waals surface area contributed by atoms with E-state index in [0.717, 1.165) is 16.7 Å². The highest BCUT2D eigenvalue weighted by atomic mass is 35.5. The summed E-state index contributed by atoms with van der Waals surface area (Å²) in [4.78, 5) is 27.7. The van der Waals surface area contributed by atoms with Crippen LogP contribution in [0.25, 0.3) is 5.76 Å². The number of benzene rings is 2. The summed E-state index contributed by atoms with van der Waals surface area (Å²) in [7, 11) is 1.42. The fourth-order valence-electron chi connectivity index (χ4n) is 3.95. The molecule has 1 unspecified atom stereocenters. The van der Waals surface area contributed by atoms with Crippen molar-refractivity contribution in [3.63, 3.8) is 0 Å². The number of carbonyl (C=O) groups excluding carboxylic acids is 2. The summed E-state index contributed by atoms with van der Waals surface area (Å²) in [6.07, 6.45) is 1.46. The van der Waals surface area contributed by atoms with Crippen LogP contribution in [-0.4, -0.2) is 23.9 Å². The van der Waals surface area contributed by atoms with E-state index < -0.39 is 17.7 Å². The number of ketones is 1. The van der Waals surface area contributed by atoms with Crippen LogP contribution in [0.5, 0.6) is 5.75 Å². The number of aliphatic hydroxyl groups excluding tert-OH is 1. The van der Waals surface area contributed by atoms with Gasteiger partial charge in [0, 0.05) is 5.69 Å². The molecular formula is C25H22ClNO5. The van der Waals surface area contributed by atoms with Crippen molar-refractivity contribution in [2.45, 2.75) is 26.8 Å². The van der Waals surface area contributed by atoms with Gasteiger partial charge >= 0.3 is 0 Å². The predicted octanol–water partition coefficient (Wildman–Crippen LogP) is 5.49. The largest absolute Gasteiger partial charge is 0.507 e. The molecule has 0 aliphatic carbocycles. The molecule has 0 saturated carbocycles. The van der Waals surface area contributed by atoms with Gasteiger partial charge in [-0.2, -0.15) is 0 Å². The fraction of sp³-hybridized carbons (Fsp3) is 0.200. The number of hydrogen-bond acceptors (Lipinski definition) is 5. The molecule has 0 radical (unpaired) electrons. The van der Waals surface area contributed by atoms with E-state index in [1.165, 1.54) is 18.3 Å². The van der Waals surface area contributed by atoms with Gasteiger partial charge in [-0.05, 0) is 73.9 Å². The molecule has 2 aromatic carbocycles. The zero-order valence-corrected chi connectivity index (χ0v) is 18.9. The average molecular weight is 452 g/mol. The highest BCUT2D eigenvalue weighted by molar-refractivity contribution is 6.51. The lowest BCUT2D eigenvalue weighted by molar-refractivity contribution is -0.132. The molecule has 3 aromatic rings. The number of carbonyl (C=O) groups is 2. The number of aryl methyl sites for hydroxylation is 3. The first kappa shape index (κ1) is 21.7. The lowest BCUT2D eigenvalue weighted by Crippen LogP contribution is -2.29. The van der Waals surface area contributed by atoms with Gasteiger partial charge in [-0.25, -0.2) is 0 Å². The number of anilines is 1.